The van der Waals surface area contributed by atoms with Gasteiger partial charge in [-0.3, -0.25) is 0 Å². The summed E-state index contributed by atoms with van der Waals surface area (Å²) in [6.45, 7) is 11.4. The molecule has 1 aromatic rings. The Bertz CT molecular complexity index is 671. The summed E-state index contributed by atoms with van der Waals surface area (Å²) in [6.07, 6.45) is 9.58. The number of hydrogen-bond acceptors (Lipinski definition) is 2. The predicted octanol–water partition coefficient (Wildman–Crippen LogP) is 6.67. The van der Waals surface area contributed by atoms with Gasteiger partial charge in [0.25, 0.3) is 0 Å². The van der Waals surface area contributed by atoms with Crippen molar-refractivity contribution in [3.05, 3.63) is 34.9 Å². The van der Waals surface area contributed by atoms with Crippen molar-refractivity contribution in [1.29, 1.82) is 0 Å². The molecule has 1 heterocycles. The van der Waals surface area contributed by atoms with E-state index in [9.17, 15) is 0 Å². The van der Waals surface area contributed by atoms with Crippen molar-refractivity contribution in [2.24, 2.45) is 11.8 Å². The minimum atomic E-state index is -0.133. The Kier molecular flexibility index (Phi) is 5.69. The van der Waals surface area contributed by atoms with Crippen LogP contribution in [0.4, 0.5) is 0 Å². The molecule has 0 N–H and O–H groups in total. The zero-order valence-corrected chi connectivity index (χ0v) is 17.5. The summed E-state index contributed by atoms with van der Waals surface area (Å²) in [6, 6.07) is 4.57. The molecule has 2 nitrogen and oxygen atoms in total. The Labute approximate surface area is 160 Å². The third-order valence-electron chi connectivity index (χ3n) is 6.40. The molecule has 0 saturated carbocycles. The van der Waals surface area contributed by atoms with Gasteiger partial charge in [0.05, 0.1) is 7.11 Å². The maximum absolute atomic E-state index is 6.56. The number of rotatable bonds is 6. The molecule has 26 heavy (non-hydrogen) atoms. The lowest BCUT2D eigenvalue weighted by Crippen LogP contribution is -2.45. The summed E-state index contributed by atoms with van der Waals surface area (Å²) in [4.78, 5) is 0. The summed E-state index contributed by atoms with van der Waals surface area (Å²) in [5.74, 6) is 3.80. The van der Waals surface area contributed by atoms with Crippen LogP contribution in [0.25, 0.3) is 0 Å². The molecule has 0 bridgehead atoms. The first kappa shape index (κ1) is 19.3. The molecule has 2 heteroatoms. The van der Waals surface area contributed by atoms with E-state index in [4.69, 9.17) is 9.47 Å². The molecule has 0 spiro atoms. The van der Waals surface area contributed by atoms with Crippen LogP contribution in [0, 0.1) is 11.8 Å². The monoisotopic (exact) mass is 356 g/mol. The first-order valence-corrected chi connectivity index (χ1v) is 10.4. The van der Waals surface area contributed by atoms with Crippen LogP contribution in [-0.2, 0) is 6.42 Å². The minimum absolute atomic E-state index is 0.133. The molecule has 3 rings (SSSR count). The molecular weight excluding hydrogens is 320 g/mol. The van der Waals surface area contributed by atoms with E-state index in [1.165, 1.54) is 36.0 Å². The molecule has 0 aromatic heterocycles. The normalized spacial score (nSPS) is 24.8. The first-order valence-electron chi connectivity index (χ1n) is 10.4. The molecule has 1 aliphatic carbocycles. The van der Waals surface area contributed by atoms with Gasteiger partial charge in [-0.1, -0.05) is 44.8 Å². The quantitative estimate of drug-likeness (QED) is 0.530. The molecular formula is C24H36O2. The average Bonchev–Trinajstić information content (AvgIpc) is 2.58. The summed E-state index contributed by atoms with van der Waals surface area (Å²) < 4.78 is 12.4. The van der Waals surface area contributed by atoms with Crippen molar-refractivity contribution in [3.63, 3.8) is 0 Å². The molecule has 2 aliphatic rings. The van der Waals surface area contributed by atoms with Gasteiger partial charge in [-0.05, 0) is 63.6 Å². The predicted molar refractivity (Wildman–Crippen MR) is 109 cm³/mol. The van der Waals surface area contributed by atoms with Gasteiger partial charge in [0.1, 0.15) is 17.1 Å². The molecule has 0 radical (unpaired) electrons. The molecule has 1 aromatic carbocycles. The zero-order chi connectivity index (χ0) is 18.9. The van der Waals surface area contributed by atoms with Gasteiger partial charge in [-0.15, -0.1) is 0 Å². The second kappa shape index (κ2) is 7.66. The summed E-state index contributed by atoms with van der Waals surface area (Å²) in [7, 11) is 1.81. The third-order valence-corrected chi connectivity index (χ3v) is 6.40. The van der Waals surface area contributed by atoms with Gasteiger partial charge in [0.2, 0.25) is 0 Å². The Morgan fingerprint density at radius 1 is 1.31 bits per heavy atom. The first-order chi connectivity index (χ1) is 12.4. The van der Waals surface area contributed by atoms with E-state index in [-0.39, 0.29) is 5.60 Å². The van der Waals surface area contributed by atoms with Gasteiger partial charge in [-0.2, -0.15) is 0 Å². The van der Waals surface area contributed by atoms with E-state index >= 15 is 0 Å². The van der Waals surface area contributed by atoms with Gasteiger partial charge in [-0.25, -0.2) is 0 Å². The third kappa shape index (κ3) is 3.80. The number of allylic oxidation sites excluding steroid dienone is 2. The second-order valence-electron chi connectivity index (χ2n) is 9.07. The van der Waals surface area contributed by atoms with E-state index in [1.54, 1.807) is 7.11 Å². The van der Waals surface area contributed by atoms with Gasteiger partial charge in [0, 0.05) is 17.4 Å². The second-order valence-corrected chi connectivity index (χ2v) is 9.07. The lowest BCUT2D eigenvalue weighted by Gasteiger charge is -2.47. The Hall–Kier alpha value is -1.44. The zero-order valence-electron chi connectivity index (χ0n) is 17.5. The van der Waals surface area contributed by atoms with Crippen molar-refractivity contribution < 1.29 is 9.47 Å². The van der Waals surface area contributed by atoms with Crippen molar-refractivity contribution in [2.45, 2.75) is 84.7 Å². The Morgan fingerprint density at radius 3 is 2.77 bits per heavy atom. The highest BCUT2D eigenvalue weighted by molar-refractivity contribution is 5.53. The number of ether oxygens (including phenoxy) is 2. The summed E-state index contributed by atoms with van der Waals surface area (Å²) in [5, 5.41) is 0. The number of fused-ring (bicyclic) bond motifs is 3. The molecule has 1 aliphatic heterocycles. The molecule has 0 amide bonds. The number of methoxy groups -OCH3 is 1. The van der Waals surface area contributed by atoms with E-state index in [0.29, 0.717) is 17.8 Å². The van der Waals surface area contributed by atoms with E-state index in [0.717, 1.165) is 30.8 Å². The fourth-order valence-electron chi connectivity index (χ4n) is 4.94. The smallest absolute Gasteiger partial charge is 0.127 e. The van der Waals surface area contributed by atoms with Crippen molar-refractivity contribution >= 4 is 0 Å². The number of benzene rings is 1. The summed E-state index contributed by atoms with van der Waals surface area (Å²) >= 11 is 0. The van der Waals surface area contributed by atoms with Crippen molar-refractivity contribution in [2.75, 3.05) is 7.11 Å². The van der Waals surface area contributed by atoms with E-state index < -0.39 is 0 Å². The average molecular weight is 357 g/mol. The Morgan fingerprint density at radius 2 is 2.08 bits per heavy atom. The largest absolute Gasteiger partial charge is 0.496 e. The van der Waals surface area contributed by atoms with Crippen LogP contribution in [0.5, 0.6) is 11.5 Å². The van der Waals surface area contributed by atoms with Gasteiger partial charge < -0.3 is 9.47 Å². The number of unbranched alkanes of at least 4 members (excludes halogenated alkanes) is 1. The van der Waals surface area contributed by atoms with Crippen LogP contribution in [0.2, 0.25) is 0 Å². The molecule has 0 fully saturated rings. The van der Waals surface area contributed by atoms with Crippen molar-refractivity contribution in [3.8, 4) is 11.5 Å². The fraction of sp³-hybridized carbons (Fsp3) is 0.667. The lowest BCUT2D eigenvalue weighted by molar-refractivity contribution is 0.00748. The van der Waals surface area contributed by atoms with Gasteiger partial charge >= 0.3 is 0 Å². The Balaban J connectivity index is 1.96. The molecule has 3 atom stereocenters. The number of hydrogen-bond donors (Lipinski definition) is 0. The van der Waals surface area contributed by atoms with Crippen LogP contribution in [0.15, 0.2) is 23.8 Å². The highest BCUT2D eigenvalue weighted by Crippen LogP contribution is 2.54. The van der Waals surface area contributed by atoms with Crippen LogP contribution in [0.3, 0.4) is 0 Å². The highest BCUT2D eigenvalue weighted by atomic mass is 16.5. The van der Waals surface area contributed by atoms with Crippen LogP contribution in [-0.4, -0.2) is 12.7 Å². The fourth-order valence-corrected chi connectivity index (χ4v) is 4.94. The minimum Gasteiger partial charge on any atom is -0.496 e. The van der Waals surface area contributed by atoms with Crippen LogP contribution >= 0.6 is 0 Å². The molecule has 0 saturated heterocycles. The van der Waals surface area contributed by atoms with Crippen LogP contribution < -0.4 is 9.47 Å². The van der Waals surface area contributed by atoms with Crippen LogP contribution in [0.1, 0.15) is 83.8 Å². The SMILES string of the molecule is CCCCC(C)Cc1cc(OC)c2c(c1)OC(C)(C)[C@@H]1CC=C(C)C[C@@H]21. The van der Waals surface area contributed by atoms with Crippen molar-refractivity contribution in [1.82, 2.24) is 0 Å². The molecule has 144 valence electrons. The van der Waals surface area contributed by atoms with Gasteiger partial charge in [0.15, 0.2) is 0 Å². The maximum Gasteiger partial charge on any atom is 0.127 e. The topological polar surface area (TPSA) is 18.5 Å². The lowest BCUT2D eigenvalue weighted by atomic mass is 9.67. The maximum atomic E-state index is 6.56. The van der Waals surface area contributed by atoms with E-state index in [1.807, 2.05) is 0 Å². The van der Waals surface area contributed by atoms with E-state index in [2.05, 4.69) is 52.8 Å². The highest BCUT2D eigenvalue weighted by Gasteiger charge is 2.45. The molecule has 1 unspecified atom stereocenters. The standard InChI is InChI=1S/C24H36O2/c1-7-8-9-16(2)12-18-14-21(25-6)23-19-13-17(3)10-11-20(19)24(4,5)26-22(23)15-18/h10,14-16,19-20H,7-9,11-13H2,1-6H3/t16?,19-,20-/m1/s1. The summed E-state index contributed by atoms with van der Waals surface area (Å²) in [5.41, 5.74) is 4.01.